The molecule has 0 N–H and O–H groups in total. The second kappa shape index (κ2) is 14.5. The molecule has 1 saturated heterocycles. The Morgan fingerprint density at radius 3 is 2.00 bits per heavy atom. The SMILES string of the molecule is CCCCCCOc1ccc(-c2ccc(-c3cc4c(c5ccccc35)C=CC(c3ccc(F)cc3)(c3ccc(N5CCCC5)cc3)O4)cc2)cc1. The first-order chi connectivity index (χ1) is 25.1. The van der Waals surface area contributed by atoms with Crippen molar-refractivity contribution < 1.29 is 13.9 Å². The van der Waals surface area contributed by atoms with Gasteiger partial charge >= 0.3 is 0 Å². The molecule has 3 nitrogen and oxygen atoms in total. The average molecular weight is 674 g/mol. The molecule has 0 radical (unpaired) electrons. The van der Waals surface area contributed by atoms with Crippen molar-refractivity contribution in [3.05, 3.63) is 156 Å². The van der Waals surface area contributed by atoms with Crippen LogP contribution >= 0.6 is 0 Å². The quantitative estimate of drug-likeness (QED) is 0.128. The van der Waals surface area contributed by atoms with Crippen LogP contribution in [0.1, 0.15) is 62.1 Å². The van der Waals surface area contributed by atoms with E-state index in [-0.39, 0.29) is 5.82 Å². The Labute approximate surface area is 301 Å². The first kappa shape index (κ1) is 32.8. The third-order valence-corrected chi connectivity index (χ3v) is 10.5. The van der Waals surface area contributed by atoms with Crippen LogP contribution in [0.15, 0.2) is 133 Å². The Morgan fingerprint density at radius 2 is 1.31 bits per heavy atom. The fourth-order valence-electron chi connectivity index (χ4n) is 7.65. The fourth-order valence-corrected chi connectivity index (χ4v) is 7.65. The van der Waals surface area contributed by atoms with Crippen LogP contribution in [0.4, 0.5) is 10.1 Å². The van der Waals surface area contributed by atoms with Gasteiger partial charge in [0.15, 0.2) is 5.60 Å². The molecule has 4 heteroatoms. The van der Waals surface area contributed by atoms with Gasteiger partial charge in [0.2, 0.25) is 0 Å². The van der Waals surface area contributed by atoms with Crippen molar-refractivity contribution in [2.24, 2.45) is 0 Å². The van der Waals surface area contributed by atoms with Crippen LogP contribution in [-0.4, -0.2) is 19.7 Å². The van der Waals surface area contributed by atoms with E-state index in [9.17, 15) is 4.39 Å². The van der Waals surface area contributed by atoms with E-state index in [1.54, 1.807) is 0 Å². The highest BCUT2D eigenvalue weighted by Gasteiger charge is 2.38. The van der Waals surface area contributed by atoms with Crippen molar-refractivity contribution in [2.75, 3.05) is 24.6 Å². The number of nitrogens with zero attached hydrogens (tertiary/aromatic N) is 1. The highest BCUT2D eigenvalue weighted by Crippen LogP contribution is 2.47. The molecule has 0 bridgehead atoms. The Hall–Kier alpha value is -5.35. The molecular weight excluding hydrogens is 630 g/mol. The molecule has 0 aromatic heterocycles. The number of anilines is 1. The number of fused-ring (bicyclic) bond motifs is 3. The predicted octanol–water partition coefficient (Wildman–Crippen LogP) is 12.2. The summed E-state index contributed by atoms with van der Waals surface area (Å²) >= 11 is 0. The summed E-state index contributed by atoms with van der Waals surface area (Å²) in [5.41, 5.74) is 7.78. The third kappa shape index (κ3) is 6.63. The van der Waals surface area contributed by atoms with Crippen LogP contribution in [0.2, 0.25) is 0 Å². The van der Waals surface area contributed by atoms with Gasteiger partial charge in [-0.3, -0.25) is 0 Å². The smallest absolute Gasteiger partial charge is 0.178 e. The Kier molecular flexibility index (Phi) is 9.32. The lowest BCUT2D eigenvalue weighted by atomic mass is 9.82. The molecule has 0 amide bonds. The van der Waals surface area contributed by atoms with Crippen molar-refractivity contribution >= 4 is 22.5 Å². The van der Waals surface area contributed by atoms with Gasteiger partial charge in [0.1, 0.15) is 17.3 Å². The zero-order valence-corrected chi connectivity index (χ0v) is 29.3. The van der Waals surface area contributed by atoms with Crippen LogP contribution in [0.5, 0.6) is 11.5 Å². The molecule has 51 heavy (non-hydrogen) atoms. The molecule has 8 rings (SSSR count). The van der Waals surface area contributed by atoms with Gasteiger partial charge in [-0.1, -0.05) is 111 Å². The second-order valence-corrected chi connectivity index (χ2v) is 13.8. The van der Waals surface area contributed by atoms with E-state index >= 15 is 0 Å². The van der Waals surface area contributed by atoms with Gasteiger partial charge < -0.3 is 14.4 Å². The van der Waals surface area contributed by atoms with E-state index in [0.29, 0.717) is 0 Å². The highest BCUT2D eigenvalue weighted by molar-refractivity contribution is 6.03. The summed E-state index contributed by atoms with van der Waals surface area (Å²) in [6, 6.07) is 43.3. The number of benzene rings is 6. The number of hydrogen-bond donors (Lipinski definition) is 0. The maximum atomic E-state index is 14.2. The van der Waals surface area contributed by atoms with E-state index in [1.807, 2.05) is 12.1 Å². The first-order valence-corrected chi connectivity index (χ1v) is 18.5. The molecular formula is C47H44FNO2. The number of ether oxygens (including phenoxy) is 2. The minimum absolute atomic E-state index is 0.266. The maximum absolute atomic E-state index is 14.2. The number of halogens is 1. The van der Waals surface area contributed by atoms with Gasteiger partial charge in [-0.25, -0.2) is 4.39 Å². The Bertz CT molecular complexity index is 2130. The molecule has 6 aromatic carbocycles. The monoisotopic (exact) mass is 673 g/mol. The van der Waals surface area contributed by atoms with Gasteiger partial charge in [-0.05, 0) is 107 Å². The second-order valence-electron chi connectivity index (χ2n) is 13.8. The number of rotatable bonds is 11. The molecule has 256 valence electrons. The van der Waals surface area contributed by atoms with Crippen molar-refractivity contribution in [1.82, 2.24) is 0 Å². The van der Waals surface area contributed by atoms with Gasteiger partial charge in [-0.15, -0.1) is 0 Å². The van der Waals surface area contributed by atoms with Gasteiger partial charge in [0.05, 0.1) is 6.61 Å². The van der Waals surface area contributed by atoms with Crippen LogP contribution in [0.25, 0.3) is 39.1 Å². The van der Waals surface area contributed by atoms with Gasteiger partial charge in [-0.2, -0.15) is 0 Å². The molecule has 2 aliphatic rings. The lowest BCUT2D eigenvalue weighted by Crippen LogP contribution is -2.34. The molecule has 0 saturated carbocycles. The largest absolute Gasteiger partial charge is 0.494 e. The summed E-state index contributed by atoms with van der Waals surface area (Å²) in [5, 5.41) is 2.30. The summed E-state index contributed by atoms with van der Waals surface area (Å²) in [5.74, 6) is 1.45. The molecule has 1 unspecified atom stereocenters. The average Bonchev–Trinajstić information content (AvgIpc) is 3.74. The predicted molar refractivity (Wildman–Crippen MR) is 209 cm³/mol. The van der Waals surface area contributed by atoms with E-state index in [1.165, 1.54) is 55.3 Å². The topological polar surface area (TPSA) is 21.7 Å². The first-order valence-electron chi connectivity index (χ1n) is 18.5. The number of hydrogen-bond acceptors (Lipinski definition) is 3. The lowest BCUT2D eigenvalue weighted by molar-refractivity contribution is 0.161. The molecule has 1 atom stereocenters. The normalized spacial score (nSPS) is 16.6. The number of unbranched alkanes of at least 4 members (excludes halogenated alkanes) is 3. The van der Waals surface area contributed by atoms with Crippen LogP contribution in [0, 0.1) is 5.82 Å². The fraction of sp³-hybridized carbons (Fsp3) is 0.234. The standard InChI is InChI=1S/C47H44FNO2/c1-2-3-4-9-32-50-41-26-16-35(17-27-41)34-12-14-36(15-13-34)45-33-46-44(42-10-5-6-11-43(42)45)28-29-47(51-46,37-18-22-39(48)23-19-37)38-20-24-40(25-21-38)49-30-7-8-31-49/h5-6,10-29,33H,2-4,7-9,30-32H2,1H3. The molecule has 0 spiro atoms. The van der Waals surface area contributed by atoms with Crippen LogP contribution < -0.4 is 14.4 Å². The van der Waals surface area contributed by atoms with Crippen molar-refractivity contribution in [1.29, 1.82) is 0 Å². The zero-order valence-electron chi connectivity index (χ0n) is 29.3. The third-order valence-electron chi connectivity index (χ3n) is 10.5. The minimum atomic E-state index is -0.917. The van der Waals surface area contributed by atoms with Gasteiger partial charge in [0, 0.05) is 35.5 Å². The van der Waals surface area contributed by atoms with Gasteiger partial charge in [0.25, 0.3) is 0 Å². The molecule has 2 aliphatic heterocycles. The Morgan fingerprint density at radius 1 is 0.686 bits per heavy atom. The lowest BCUT2D eigenvalue weighted by Gasteiger charge is -2.37. The molecule has 2 heterocycles. The summed E-state index contributed by atoms with van der Waals surface area (Å²) in [6.45, 7) is 5.16. The van der Waals surface area contributed by atoms with Crippen LogP contribution in [0.3, 0.4) is 0 Å². The van der Waals surface area contributed by atoms with Crippen molar-refractivity contribution in [2.45, 2.75) is 51.0 Å². The summed E-state index contributed by atoms with van der Waals surface area (Å²) < 4.78 is 27.4. The van der Waals surface area contributed by atoms with E-state index in [2.05, 4.69) is 127 Å². The van der Waals surface area contributed by atoms with Crippen molar-refractivity contribution in [3.8, 4) is 33.8 Å². The van der Waals surface area contributed by atoms with E-state index in [4.69, 9.17) is 9.47 Å². The van der Waals surface area contributed by atoms with Crippen LogP contribution in [-0.2, 0) is 5.60 Å². The minimum Gasteiger partial charge on any atom is -0.494 e. The highest BCUT2D eigenvalue weighted by atomic mass is 19.1. The molecule has 1 fully saturated rings. The maximum Gasteiger partial charge on any atom is 0.178 e. The zero-order chi connectivity index (χ0) is 34.6. The van der Waals surface area contributed by atoms with Crippen molar-refractivity contribution in [3.63, 3.8) is 0 Å². The summed E-state index contributed by atoms with van der Waals surface area (Å²) in [4.78, 5) is 2.44. The summed E-state index contributed by atoms with van der Waals surface area (Å²) in [6.07, 6.45) is 11.6. The Balaban J connectivity index is 1.13. The van der Waals surface area contributed by atoms with E-state index in [0.717, 1.165) is 81.9 Å². The molecule has 6 aromatic rings. The van der Waals surface area contributed by atoms with E-state index < -0.39 is 5.60 Å². The molecule has 0 aliphatic carbocycles. The summed E-state index contributed by atoms with van der Waals surface area (Å²) in [7, 11) is 0.